The van der Waals surface area contributed by atoms with Crippen LogP contribution in [0.1, 0.15) is 26.7 Å². The van der Waals surface area contributed by atoms with Crippen LogP contribution in [0.3, 0.4) is 0 Å². The molecule has 1 saturated heterocycles. The highest BCUT2D eigenvalue weighted by Gasteiger charge is 2.15. The number of nitrogens with zero attached hydrogens (tertiary/aromatic N) is 1. The van der Waals surface area contributed by atoms with Gasteiger partial charge in [0.05, 0.1) is 0 Å². The first-order valence-electron chi connectivity index (χ1n) is 6.35. The number of likely N-dealkylation sites (tertiary alicyclic amines) is 1. The maximum absolute atomic E-state index is 3.57. The molecule has 0 radical (unpaired) electrons. The van der Waals surface area contributed by atoms with Gasteiger partial charge in [-0.2, -0.15) is 0 Å². The fourth-order valence-electron chi connectivity index (χ4n) is 1.92. The van der Waals surface area contributed by atoms with Gasteiger partial charge < -0.3 is 10.2 Å². The molecule has 0 unspecified atom stereocenters. The molecule has 0 aromatic heterocycles. The zero-order chi connectivity index (χ0) is 11.8. The summed E-state index contributed by atoms with van der Waals surface area (Å²) in [5.74, 6) is 0. The molecule has 1 heterocycles. The van der Waals surface area contributed by atoms with Crippen molar-refractivity contribution < 1.29 is 0 Å². The van der Waals surface area contributed by atoms with Crippen molar-refractivity contribution in [3.05, 3.63) is 30.3 Å². The molecule has 2 nitrogen and oxygen atoms in total. The fraction of sp³-hybridized carbons (Fsp3) is 0.571. The standard InChI is InChI=1S/C12H18N2.C2H6/c1-14-9-7-12(8-10-14)13-11-5-3-2-4-6-11;1-2/h2-6,12-13H,7-10H2,1H3;1-2H3. The summed E-state index contributed by atoms with van der Waals surface area (Å²) >= 11 is 0. The Kier molecular flexibility index (Phi) is 5.94. The molecule has 0 spiro atoms. The number of hydrogen-bond acceptors (Lipinski definition) is 2. The zero-order valence-electron chi connectivity index (χ0n) is 10.7. The van der Waals surface area contributed by atoms with Gasteiger partial charge in [-0.3, -0.25) is 0 Å². The first kappa shape index (κ1) is 13.0. The molecule has 0 bridgehead atoms. The zero-order valence-corrected chi connectivity index (χ0v) is 10.7. The van der Waals surface area contributed by atoms with Crippen molar-refractivity contribution in [3.63, 3.8) is 0 Å². The number of rotatable bonds is 2. The predicted octanol–water partition coefficient (Wildman–Crippen LogP) is 3.22. The van der Waals surface area contributed by atoms with Gasteiger partial charge in [-0.25, -0.2) is 0 Å². The summed E-state index contributed by atoms with van der Waals surface area (Å²) in [6.45, 7) is 6.43. The molecule has 1 aromatic carbocycles. The van der Waals surface area contributed by atoms with E-state index in [-0.39, 0.29) is 0 Å². The van der Waals surface area contributed by atoms with Gasteiger partial charge in [0, 0.05) is 11.7 Å². The Morgan fingerprint density at radius 1 is 1.06 bits per heavy atom. The molecule has 0 atom stereocenters. The molecule has 16 heavy (non-hydrogen) atoms. The fourth-order valence-corrected chi connectivity index (χ4v) is 1.92. The molecule has 2 rings (SSSR count). The number of hydrogen-bond donors (Lipinski definition) is 1. The Hall–Kier alpha value is -1.02. The minimum absolute atomic E-state index is 0.661. The van der Waals surface area contributed by atoms with Gasteiger partial charge in [0.25, 0.3) is 0 Å². The molecule has 0 aliphatic carbocycles. The van der Waals surface area contributed by atoms with Gasteiger partial charge in [-0.15, -0.1) is 0 Å². The monoisotopic (exact) mass is 220 g/mol. The lowest BCUT2D eigenvalue weighted by Gasteiger charge is -2.30. The lowest BCUT2D eigenvalue weighted by Crippen LogP contribution is -2.36. The van der Waals surface area contributed by atoms with Crippen LogP contribution < -0.4 is 5.32 Å². The minimum Gasteiger partial charge on any atom is -0.382 e. The van der Waals surface area contributed by atoms with Crippen molar-refractivity contribution in [2.75, 3.05) is 25.5 Å². The van der Waals surface area contributed by atoms with E-state index in [0.717, 1.165) is 0 Å². The van der Waals surface area contributed by atoms with E-state index in [2.05, 4.69) is 47.6 Å². The highest BCUT2D eigenvalue weighted by Crippen LogP contribution is 2.14. The summed E-state index contributed by atoms with van der Waals surface area (Å²) in [5, 5.41) is 3.57. The Morgan fingerprint density at radius 2 is 1.62 bits per heavy atom. The van der Waals surface area contributed by atoms with Gasteiger partial charge in [0.1, 0.15) is 0 Å². The average molecular weight is 220 g/mol. The van der Waals surface area contributed by atoms with Crippen molar-refractivity contribution in [1.82, 2.24) is 4.90 Å². The number of para-hydroxylation sites is 1. The minimum atomic E-state index is 0.661. The normalized spacial score (nSPS) is 17.4. The van der Waals surface area contributed by atoms with Crippen molar-refractivity contribution in [2.24, 2.45) is 0 Å². The van der Waals surface area contributed by atoms with E-state index in [4.69, 9.17) is 0 Å². The van der Waals surface area contributed by atoms with Crippen molar-refractivity contribution in [2.45, 2.75) is 32.7 Å². The number of piperidine rings is 1. The molecule has 1 N–H and O–H groups in total. The van der Waals surface area contributed by atoms with E-state index >= 15 is 0 Å². The lowest BCUT2D eigenvalue weighted by molar-refractivity contribution is 0.264. The summed E-state index contributed by atoms with van der Waals surface area (Å²) in [7, 11) is 2.19. The second kappa shape index (κ2) is 7.29. The molecule has 0 amide bonds. The summed E-state index contributed by atoms with van der Waals surface area (Å²) in [5.41, 5.74) is 1.25. The van der Waals surface area contributed by atoms with Crippen LogP contribution in [0.15, 0.2) is 30.3 Å². The number of nitrogens with one attached hydrogen (secondary N) is 1. The molecular formula is C14H24N2. The van der Waals surface area contributed by atoms with Crippen LogP contribution >= 0.6 is 0 Å². The molecule has 90 valence electrons. The van der Waals surface area contributed by atoms with Gasteiger partial charge in [-0.05, 0) is 45.1 Å². The molecular weight excluding hydrogens is 196 g/mol. The smallest absolute Gasteiger partial charge is 0.0342 e. The number of anilines is 1. The van der Waals surface area contributed by atoms with Crippen molar-refractivity contribution in [1.29, 1.82) is 0 Å². The summed E-state index contributed by atoms with van der Waals surface area (Å²) in [6.07, 6.45) is 2.51. The second-order valence-corrected chi connectivity index (χ2v) is 4.09. The van der Waals surface area contributed by atoms with Gasteiger partial charge in [0.15, 0.2) is 0 Å². The maximum atomic E-state index is 3.57. The van der Waals surface area contributed by atoms with E-state index in [0.29, 0.717) is 6.04 Å². The van der Waals surface area contributed by atoms with Crippen LogP contribution in [-0.4, -0.2) is 31.1 Å². The SMILES string of the molecule is CC.CN1CCC(Nc2ccccc2)CC1. The summed E-state index contributed by atoms with van der Waals surface area (Å²) < 4.78 is 0. The molecule has 1 aliphatic heterocycles. The lowest BCUT2D eigenvalue weighted by atomic mass is 10.1. The van der Waals surface area contributed by atoms with E-state index in [1.165, 1.54) is 31.6 Å². The third-order valence-corrected chi connectivity index (χ3v) is 2.86. The van der Waals surface area contributed by atoms with E-state index in [1.807, 2.05) is 13.8 Å². The largest absolute Gasteiger partial charge is 0.382 e. The highest BCUT2D eigenvalue weighted by molar-refractivity contribution is 5.43. The topological polar surface area (TPSA) is 15.3 Å². The van der Waals surface area contributed by atoms with E-state index in [9.17, 15) is 0 Å². The second-order valence-electron chi connectivity index (χ2n) is 4.09. The molecule has 0 saturated carbocycles. The average Bonchev–Trinajstić information content (AvgIpc) is 2.36. The van der Waals surface area contributed by atoms with Crippen molar-refractivity contribution in [3.8, 4) is 0 Å². The molecule has 2 heteroatoms. The van der Waals surface area contributed by atoms with Crippen LogP contribution in [0.2, 0.25) is 0 Å². The van der Waals surface area contributed by atoms with Crippen molar-refractivity contribution >= 4 is 5.69 Å². The van der Waals surface area contributed by atoms with Gasteiger partial charge in [0.2, 0.25) is 0 Å². The van der Waals surface area contributed by atoms with Crippen LogP contribution in [0, 0.1) is 0 Å². The van der Waals surface area contributed by atoms with Crippen LogP contribution in [0.5, 0.6) is 0 Å². The molecule has 1 aliphatic rings. The molecule has 1 aromatic rings. The maximum Gasteiger partial charge on any atom is 0.0342 e. The first-order valence-corrected chi connectivity index (χ1v) is 6.35. The van der Waals surface area contributed by atoms with Gasteiger partial charge in [-0.1, -0.05) is 32.0 Å². The summed E-state index contributed by atoms with van der Waals surface area (Å²) in [4.78, 5) is 2.39. The van der Waals surface area contributed by atoms with Crippen LogP contribution in [0.25, 0.3) is 0 Å². The Bertz CT molecular complexity index is 263. The Balaban J connectivity index is 0.000000606. The van der Waals surface area contributed by atoms with Gasteiger partial charge >= 0.3 is 0 Å². The highest BCUT2D eigenvalue weighted by atomic mass is 15.1. The number of benzene rings is 1. The van der Waals surface area contributed by atoms with Crippen LogP contribution in [-0.2, 0) is 0 Å². The molecule has 1 fully saturated rings. The quantitative estimate of drug-likeness (QED) is 0.823. The van der Waals surface area contributed by atoms with Crippen LogP contribution in [0.4, 0.5) is 5.69 Å². The predicted molar refractivity (Wildman–Crippen MR) is 71.9 cm³/mol. The van der Waals surface area contributed by atoms with E-state index in [1.54, 1.807) is 0 Å². The van der Waals surface area contributed by atoms with E-state index < -0.39 is 0 Å². The third kappa shape index (κ3) is 4.23. The third-order valence-electron chi connectivity index (χ3n) is 2.86. The Labute approximate surface area is 99.7 Å². The Morgan fingerprint density at radius 3 is 2.19 bits per heavy atom. The first-order chi connectivity index (χ1) is 7.84. The summed E-state index contributed by atoms with van der Waals surface area (Å²) in [6, 6.07) is 11.2.